The molecule has 1 aliphatic rings. The molecular weight excluding hydrogens is 270 g/mol. The summed E-state index contributed by atoms with van der Waals surface area (Å²) >= 11 is 0. The Morgan fingerprint density at radius 3 is 3.19 bits per heavy atom. The molecule has 1 atom stereocenters. The number of ether oxygens (including phenoxy) is 1. The van der Waals surface area contributed by atoms with Gasteiger partial charge in [-0.15, -0.1) is 5.10 Å². The van der Waals surface area contributed by atoms with Gasteiger partial charge in [0.2, 0.25) is 0 Å². The zero-order valence-electron chi connectivity index (χ0n) is 11.8. The summed E-state index contributed by atoms with van der Waals surface area (Å²) in [7, 11) is 0. The molecule has 21 heavy (non-hydrogen) atoms. The van der Waals surface area contributed by atoms with Gasteiger partial charge in [0.05, 0.1) is 6.61 Å². The molecule has 3 heterocycles. The van der Waals surface area contributed by atoms with Crippen LogP contribution in [0.25, 0.3) is 0 Å². The highest BCUT2D eigenvalue weighted by molar-refractivity contribution is 5.82. The lowest BCUT2D eigenvalue weighted by Crippen LogP contribution is -2.19. The molecule has 0 radical (unpaired) electrons. The van der Waals surface area contributed by atoms with Gasteiger partial charge in [-0.25, -0.2) is 9.48 Å². The molecule has 0 fully saturated rings. The van der Waals surface area contributed by atoms with Gasteiger partial charge in [-0.2, -0.15) is 4.98 Å². The predicted octanol–water partition coefficient (Wildman–Crippen LogP) is 1.97. The van der Waals surface area contributed by atoms with Crippen LogP contribution in [0.3, 0.4) is 0 Å². The first-order valence-corrected chi connectivity index (χ1v) is 7.04. The predicted molar refractivity (Wildman–Crippen MR) is 76.0 cm³/mol. The number of carbonyl (C=O) groups is 1. The zero-order chi connectivity index (χ0) is 14.7. The highest BCUT2D eigenvalue weighted by Crippen LogP contribution is 2.27. The van der Waals surface area contributed by atoms with Gasteiger partial charge in [-0.3, -0.25) is 10.3 Å². The van der Waals surface area contributed by atoms with Crippen LogP contribution < -0.4 is 5.32 Å². The Kier molecular flexibility index (Phi) is 3.81. The normalized spacial score (nSPS) is 17.1. The Balaban J connectivity index is 1.72. The Labute approximate surface area is 122 Å². The number of anilines is 1. The van der Waals surface area contributed by atoms with Crippen molar-refractivity contribution in [1.82, 2.24) is 19.7 Å². The van der Waals surface area contributed by atoms with E-state index in [1.165, 1.54) is 0 Å². The first-order chi connectivity index (χ1) is 10.3. The maximum Gasteiger partial charge on any atom is 0.414 e. The maximum absolute atomic E-state index is 11.4. The van der Waals surface area contributed by atoms with Gasteiger partial charge in [0.1, 0.15) is 5.82 Å². The monoisotopic (exact) mass is 287 g/mol. The summed E-state index contributed by atoms with van der Waals surface area (Å²) in [6.45, 7) is 2.85. The number of hydrogen-bond acceptors (Lipinski definition) is 5. The van der Waals surface area contributed by atoms with E-state index < -0.39 is 6.09 Å². The third kappa shape index (κ3) is 3.01. The lowest BCUT2D eigenvalue weighted by molar-refractivity contribution is 0.167. The molecule has 0 saturated carbocycles. The molecule has 7 nitrogen and oxygen atoms in total. The molecule has 1 unspecified atom stereocenters. The molecule has 7 heteroatoms. The number of nitrogens with zero attached hydrogens (tertiary/aromatic N) is 4. The van der Waals surface area contributed by atoms with Crippen LogP contribution in [0.1, 0.15) is 30.8 Å². The largest absolute Gasteiger partial charge is 0.450 e. The first-order valence-electron chi connectivity index (χ1n) is 7.04. The zero-order valence-corrected chi connectivity index (χ0v) is 11.8. The number of aryl methyl sites for hydroxylation is 1. The summed E-state index contributed by atoms with van der Waals surface area (Å²) < 4.78 is 6.65. The molecule has 0 aromatic carbocycles. The Bertz CT molecular complexity index is 626. The number of pyridine rings is 1. The molecule has 3 rings (SSSR count). The second kappa shape index (κ2) is 5.90. The van der Waals surface area contributed by atoms with Gasteiger partial charge < -0.3 is 4.74 Å². The molecule has 0 spiro atoms. The van der Waals surface area contributed by atoms with Crippen molar-refractivity contribution < 1.29 is 9.53 Å². The minimum absolute atomic E-state index is 0.296. The number of nitrogens with one attached hydrogen (secondary N) is 1. The molecule has 110 valence electrons. The van der Waals surface area contributed by atoms with Crippen LogP contribution in [0.4, 0.5) is 10.7 Å². The molecule has 1 N–H and O–H groups in total. The van der Waals surface area contributed by atoms with Crippen molar-refractivity contribution in [2.45, 2.75) is 32.2 Å². The Hall–Kier alpha value is -2.44. The third-order valence-corrected chi connectivity index (χ3v) is 3.46. The second-order valence-electron chi connectivity index (χ2n) is 4.86. The lowest BCUT2D eigenvalue weighted by Gasteiger charge is -2.21. The van der Waals surface area contributed by atoms with Gasteiger partial charge in [0.25, 0.3) is 5.95 Å². The van der Waals surface area contributed by atoms with Crippen molar-refractivity contribution >= 4 is 12.0 Å². The highest BCUT2D eigenvalue weighted by Gasteiger charge is 2.24. The SMILES string of the molecule is CCOC(=O)Nc1nc2n(n1)CCC(c1ccccn1)C2. The van der Waals surface area contributed by atoms with E-state index in [1.807, 2.05) is 29.1 Å². The second-order valence-corrected chi connectivity index (χ2v) is 4.86. The van der Waals surface area contributed by atoms with Gasteiger partial charge in [-0.05, 0) is 25.5 Å². The van der Waals surface area contributed by atoms with E-state index in [2.05, 4.69) is 20.4 Å². The number of amides is 1. The fourth-order valence-corrected chi connectivity index (χ4v) is 2.49. The average molecular weight is 287 g/mol. The quantitative estimate of drug-likeness (QED) is 0.933. The minimum Gasteiger partial charge on any atom is -0.450 e. The molecule has 1 amide bonds. The standard InChI is InChI=1S/C14H17N5O2/c1-2-21-14(20)17-13-16-12-9-10(6-8-19(12)18-13)11-5-3-4-7-15-11/h3-5,7,10H,2,6,8-9H2,1H3,(H,17,18,20). The lowest BCUT2D eigenvalue weighted by atomic mass is 9.94. The molecule has 2 aromatic heterocycles. The fraction of sp³-hybridized carbons (Fsp3) is 0.429. The first kappa shape index (κ1) is 13.5. The number of rotatable bonds is 3. The molecule has 0 aliphatic carbocycles. The van der Waals surface area contributed by atoms with Crippen molar-refractivity contribution in [3.63, 3.8) is 0 Å². The van der Waals surface area contributed by atoms with Crippen molar-refractivity contribution in [2.75, 3.05) is 11.9 Å². The third-order valence-electron chi connectivity index (χ3n) is 3.46. The topological polar surface area (TPSA) is 81.9 Å². The molecule has 1 aliphatic heterocycles. The Morgan fingerprint density at radius 1 is 1.52 bits per heavy atom. The summed E-state index contributed by atoms with van der Waals surface area (Å²) in [5, 5.41) is 6.81. The molecular formula is C14H17N5O2. The van der Waals surface area contributed by atoms with Crippen LogP contribution in [-0.2, 0) is 17.7 Å². The van der Waals surface area contributed by atoms with Crippen molar-refractivity contribution in [1.29, 1.82) is 0 Å². The smallest absolute Gasteiger partial charge is 0.414 e. The minimum atomic E-state index is -0.526. The number of hydrogen-bond donors (Lipinski definition) is 1. The summed E-state index contributed by atoms with van der Waals surface area (Å²) in [5.74, 6) is 1.51. The van der Waals surface area contributed by atoms with Crippen LogP contribution in [-0.4, -0.2) is 32.4 Å². The molecule has 2 aromatic rings. The van der Waals surface area contributed by atoms with Crippen molar-refractivity contribution in [2.24, 2.45) is 0 Å². The van der Waals surface area contributed by atoms with E-state index in [1.54, 1.807) is 6.92 Å². The van der Waals surface area contributed by atoms with Gasteiger partial charge >= 0.3 is 6.09 Å². The number of aromatic nitrogens is 4. The van der Waals surface area contributed by atoms with E-state index in [0.717, 1.165) is 30.9 Å². The van der Waals surface area contributed by atoms with E-state index in [9.17, 15) is 4.79 Å². The Morgan fingerprint density at radius 2 is 2.43 bits per heavy atom. The summed E-state index contributed by atoms with van der Waals surface area (Å²) in [6.07, 6.45) is 3.02. The average Bonchev–Trinajstić information content (AvgIpc) is 2.89. The van der Waals surface area contributed by atoms with Crippen LogP contribution in [0.5, 0.6) is 0 Å². The van der Waals surface area contributed by atoms with Crippen LogP contribution in [0, 0.1) is 0 Å². The summed E-state index contributed by atoms with van der Waals surface area (Å²) in [6, 6.07) is 5.94. The van der Waals surface area contributed by atoms with Gasteiger partial charge in [0, 0.05) is 30.8 Å². The van der Waals surface area contributed by atoms with E-state index in [4.69, 9.17) is 4.74 Å². The van der Waals surface area contributed by atoms with Gasteiger partial charge in [0.15, 0.2) is 0 Å². The van der Waals surface area contributed by atoms with Crippen LogP contribution >= 0.6 is 0 Å². The molecule has 0 bridgehead atoms. The van der Waals surface area contributed by atoms with Crippen LogP contribution in [0.15, 0.2) is 24.4 Å². The summed E-state index contributed by atoms with van der Waals surface area (Å²) in [4.78, 5) is 20.1. The maximum atomic E-state index is 11.4. The number of fused-ring (bicyclic) bond motifs is 1. The summed E-state index contributed by atoms with van der Waals surface area (Å²) in [5.41, 5.74) is 1.08. The fourth-order valence-electron chi connectivity index (χ4n) is 2.49. The van der Waals surface area contributed by atoms with Crippen molar-refractivity contribution in [3.8, 4) is 0 Å². The van der Waals surface area contributed by atoms with E-state index in [0.29, 0.717) is 18.5 Å². The van der Waals surface area contributed by atoms with Crippen molar-refractivity contribution in [3.05, 3.63) is 35.9 Å². The van der Waals surface area contributed by atoms with E-state index >= 15 is 0 Å². The van der Waals surface area contributed by atoms with E-state index in [-0.39, 0.29) is 0 Å². The number of carbonyl (C=O) groups excluding carboxylic acids is 1. The van der Waals surface area contributed by atoms with Gasteiger partial charge in [-0.1, -0.05) is 6.07 Å². The highest BCUT2D eigenvalue weighted by atomic mass is 16.5. The molecule has 0 saturated heterocycles. The van der Waals surface area contributed by atoms with Crippen LogP contribution in [0.2, 0.25) is 0 Å².